The maximum Gasteiger partial charge on any atom is 0.408 e. The van der Waals surface area contributed by atoms with Crippen LogP contribution in [0.15, 0.2) is 36.4 Å². The highest BCUT2D eigenvalue weighted by atomic mass is 35.5. The molecule has 0 bridgehead atoms. The van der Waals surface area contributed by atoms with Gasteiger partial charge in [-0.1, -0.05) is 11.6 Å². The Bertz CT molecular complexity index is 1170. The van der Waals surface area contributed by atoms with Gasteiger partial charge in [-0.15, -0.1) is 0 Å². The van der Waals surface area contributed by atoms with Crippen molar-refractivity contribution in [2.24, 2.45) is 0 Å². The number of carbonyl (C=O) groups is 4. The van der Waals surface area contributed by atoms with Crippen LogP contribution in [-0.4, -0.2) is 47.1 Å². The molecule has 2 atom stereocenters. The Balaban J connectivity index is 2.02. The molecule has 0 fully saturated rings. The number of rotatable bonds is 6. The van der Waals surface area contributed by atoms with Crippen LogP contribution >= 0.6 is 11.6 Å². The molecule has 2 aromatic carbocycles. The van der Waals surface area contributed by atoms with Crippen LogP contribution in [0, 0.1) is 5.82 Å². The Morgan fingerprint density at radius 3 is 2.44 bits per heavy atom. The van der Waals surface area contributed by atoms with Gasteiger partial charge in [0.15, 0.2) is 11.9 Å². The molecule has 11 heteroatoms. The molecule has 9 nitrogen and oxygen atoms in total. The summed E-state index contributed by atoms with van der Waals surface area (Å²) in [6, 6.07) is 7.08. The minimum absolute atomic E-state index is 0.0500. The lowest BCUT2D eigenvalue weighted by Crippen LogP contribution is -2.56. The van der Waals surface area contributed by atoms with E-state index in [9.17, 15) is 23.6 Å². The first-order chi connectivity index (χ1) is 15.9. The normalized spacial score (nSPS) is 18.1. The minimum Gasteiger partial charge on any atom is -0.484 e. The van der Waals surface area contributed by atoms with Crippen LogP contribution in [0.2, 0.25) is 5.02 Å². The van der Waals surface area contributed by atoms with Gasteiger partial charge in [-0.2, -0.15) is 0 Å². The SMILES string of the molecule is CC(=O)c1ccc2c(c1)[C@@H](NC(=O)c1ccc(F)c(Cl)c1)[C@H](OC(=O)NCC(=O)O)C(C)(C)O2. The van der Waals surface area contributed by atoms with E-state index in [0.717, 1.165) is 12.1 Å². The fourth-order valence-electron chi connectivity index (χ4n) is 3.54. The Morgan fingerprint density at radius 1 is 1.15 bits per heavy atom. The van der Waals surface area contributed by atoms with Gasteiger partial charge >= 0.3 is 12.1 Å². The maximum atomic E-state index is 13.6. The van der Waals surface area contributed by atoms with E-state index in [1.807, 2.05) is 0 Å². The van der Waals surface area contributed by atoms with Crippen molar-refractivity contribution in [3.8, 4) is 5.75 Å². The quantitative estimate of drug-likeness (QED) is 0.526. The highest BCUT2D eigenvalue weighted by molar-refractivity contribution is 6.31. The molecule has 1 aliphatic rings. The van der Waals surface area contributed by atoms with Crippen LogP contribution in [0.5, 0.6) is 5.75 Å². The largest absolute Gasteiger partial charge is 0.484 e. The van der Waals surface area contributed by atoms with Gasteiger partial charge in [-0.05, 0) is 57.2 Å². The number of benzene rings is 2. The predicted octanol–water partition coefficient (Wildman–Crippen LogP) is 3.50. The second kappa shape index (κ2) is 9.68. The van der Waals surface area contributed by atoms with Crippen molar-refractivity contribution in [2.75, 3.05) is 6.54 Å². The lowest BCUT2D eigenvalue weighted by Gasteiger charge is -2.44. The van der Waals surface area contributed by atoms with Crippen molar-refractivity contribution in [1.29, 1.82) is 0 Å². The van der Waals surface area contributed by atoms with Crippen molar-refractivity contribution in [3.05, 3.63) is 63.9 Å². The van der Waals surface area contributed by atoms with Gasteiger partial charge in [0.2, 0.25) is 0 Å². The first-order valence-corrected chi connectivity index (χ1v) is 10.5. The van der Waals surface area contributed by atoms with E-state index < -0.39 is 48.1 Å². The molecule has 3 rings (SSSR count). The molecule has 0 radical (unpaired) electrons. The maximum absolute atomic E-state index is 13.6. The summed E-state index contributed by atoms with van der Waals surface area (Å²) in [4.78, 5) is 48.1. The van der Waals surface area contributed by atoms with Crippen LogP contribution in [0.3, 0.4) is 0 Å². The predicted molar refractivity (Wildman–Crippen MR) is 119 cm³/mol. The number of aliphatic carboxylic acids is 1. The third-order valence-corrected chi connectivity index (χ3v) is 5.49. The third kappa shape index (κ3) is 5.45. The van der Waals surface area contributed by atoms with Crippen molar-refractivity contribution in [1.82, 2.24) is 10.6 Å². The molecule has 180 valence electrons. The second-order valence-electron chi connectivity index (χ2n) is 8.17. The third-order valence-electron chi connectivity index (χ3n) is 5.20. The summed E-state index contributed by atoms with van der Waals surface area (Å²) in [7, 11) is 0. The van der Waals surface area contributed by atoms with Crippen LogP contribution in [-0.2, 0) is 9.53 Å². The fourth-order valence-corrected chi connectivity index (χ4v) is 3.72. The number of nitrogens with one attached hydrogen (secondary N) is 2. The summed E-state index contributed by atoms with van der Waals surface area (Å²) in [6.07, 6.45) is -2.19. The van der Waals surface area contributed by atoms with Crippen LogP contribution < -0.4 is 15.4 Å². The zero-order valence-electron chi connectivity index (χ0n) is 18.5. The van der Waals surface area contributed by atoms with Crippen molar-refractivity contribution in [2.45, 2.75) is 38.5 Å². The lowest BCUT2D eigenvalue weighted by atomic mass is 9.85. The van der Waals surface area contributed by atoms with Crippen molar-refractivity contribution < 1.29 is 38.1 Å². The Kier molecular flexibility index (Phi) is 7.11. The number of fused-ring (bicyclic) bond motifs is 1. The Hall–Kier alpha value is -3.66. The van der Waals surface area contributed by atoms with E-state index >= 15 is 0 Å². The van der Waals surface area contributed by atoms with Gasteiger partial charge in [0, 0.05) is 16.7 Å². The number of ketones is 1. The van der Waals surface area contributed by atoms with E-state index in [0.29, 0.717) is 16.9 Å². The number of halogens is 2. The molecule has 0 unspecified atom stereocenters. The molecule has 1 heterocycles. The van der Waals surface area contributed by atoms with Crippen molar-refractivity contribution in [3.63, 3.8) is 0 Å². The summed E-state index contributed by atoms with van der Waals surface area (Å²) in [5, 5.41) is 13.4. The number of alkyl carbamates (subject to hydrolysis) is 1. The van der Waals surface area contributed by atoms with Gasteiger partial charge in [-0.25, -0.2) is 9.18 Å². The number of hydrogen-bond acceptors (Lipinski definition) is 6. The average molecular weight is 493 g/mol. The fraction of sp³-hybridized carbons (Fsp3) is 0.304. The summed E-state index contributed by atoms with van der Waals surface area (Å²) in [6.45, 7) is 3.94. The van der Waals surface area contributed by atoms with Gasteiger partial charge in [-0.3, -0.25) is 14.4 Å². The van der Waals surface area contributed by atoms with E-state index in [4.69, 9.17) is 26.2 Å². The zero-order chi connectivity index (χ0) is 25.2. The van der Waals surface area contributed by atoms with Gasteiger partial charge in [0.05, 0.1) is 11.1 Å². The van der Waals surface area contributed by atoms with Crippen LogP contribution in [0.25, 0.3) is 0 Å². The molecule has 2 aromatic rings. The molecule has 0 aliphatic carbocycles. The molecule has 0 saturated carbocycles. The molecule has 0 aromatic heterocycles. The molecule has 34 heavy (non-hydrogen) atoms. The monoisotopic (exact) mass is 492 g/mol. The van der Waals surface area contributed by atoms with Crippen LogP contribution in [0.1, 0.15) is 53.1 Å². The number of amides is 2. The average Bonchev–Trinajstić information content (AvgIpc) is 2.75. The molecule has 2 amide bonds. The van der Waals surface area contributed by atoms with Crippen molar-refractivity contribution >= 4 is 35.4 Å². The highest BCUT2D eigenvalue weighted by Gasteiger charge is 2.47. The number of carboxylic acids is 1. The minimum atomic E-state index is -1.27. The van der Waals surface area contributed by atoms with Gasteiger partial charge in [0.25, 0.3) is 5.91 Å². The second-order valence-corrected chi connectivity index (χ2v) is 8.57. The number of ether oxygens (including phenoxy) is 2. The smallest absolute Gasteiger partial charge is 0.408 e. The molecule has 0 spiro atoms. The highest BCUT2D eigenvalue weighted by Crippen LogP contribution is 2.42. The molecule has 3 N–H and O–H groups in total. The summed E-state index contributed by atoms with van der Waals surface area (Å²) in [5.41, 5.74) is -0.428. The first kappa shape index (κ1) is 25.0. The van der Waals surface area contributed by atoms with Gasteiger partial charge < -0.3 is 25.2 Å². The zero-order valence-corrected chi connectivity index (χ0v) is 19.2. The topological polar surface area (TPSA) is 131 Å². The van der Waals surface area contributed by atoms with E-state index in [2.05, 4.69) is 10.6 Å². The number of hydrogen-bond donors (Lipinski definition) is 3. The molecule has 1 aliphatic heterocycles. The summed E-state index contributed by atoms with van der Waals surface area (Å²) >= 11 is 5.80. The Morgan fingerprint density at radius 2 is 1.82 bits per heavy atom. The van der Waals surface area contributed by atoms with E-state index in [1.54, 1.807) is 26.0 Å². The number of Topliss-reactive ketones (excluding diaryl/α,β-unsaturated/α-hetero) is 1. The van der Waals surface area contributed by atoms with Gasteiger partial charge in [0.1, 0.15) is 23.7 Å². The molecular weight excluding hydrogens is 471 g/mol. The number of carboxylic acid groups (broad SMARTS) is 1. The number of carbonyl (C=O) groups excluding carboxylic acids is 3. The van der Waals surface area contributed by atoms with E-state index in [1.165, 1.54) is 19.1 Å². The first-order valence-electron chi connectivity index (χ1n) is 10.1. The molecule has 0 saturated heterocycles. The standard InChI is InChI=1S/C23H22ClFN2O7/c1-11(28)12-5-7-17-14(8-12)19(27-21(31)13-4-6-16(25)15(24)9-13)20(23(2,3)34-17)33-22(32)26-10-18(29)30/h4-9,19-20H,10H2,1-3H3,(H,26,32)(H,27,31)(H,29,30)/t19-,20+/m1/s1. The van der Waals surface area contributed by atoms with Crippen LogP contribution in [0.4, 0.5) is 9.18 Å². The molecular formula is C23H22ClFN2O7. The Labute approximate surface area is 199 Å². The summed E-state index contributed by atoms with van der Waals surface area (Å²) < 4.78 is 25.0. The lowest BCUT2D eigenvalue weighted by molar-refractivity contribution is -0.136. The van der Waals surface area contributed by atoms with E-state index in [-0.39, 0.29) is 16.4 Å². The summed E-state index contributed by atoms with van der Waals surface area (Å²) in [5.74, 6) is -2.50.